The summed E-state index contributed by atoms with van der Waals surface area (Å²) in [5, 5.41) is 8.21. The van der Waals surface area contributed by atoms with Crippen molar-refractivity contribution in [2.75, 3.05) is 19.6 Å². The Labute approximate surface area is 108 Å². The third kappa shape index (κ3) is 2.92. The quantitative estimate of drug-likeness (QED) is 0.734. The summed E-state index contributed by atoms with van der Waals surface area (Å²) in [7, 11) is 0. The first-order chi connectivity index (χ1) is 8.93. The monoisotopic (exact) mass is 244 g/mol. The minimum Gasteiger partial charge on any atom is -0.464 e. The Morgan fingerprint density at radius 3 is 2.89 bits per heavy atom. The molecule has 1 fully saturated rings. The van der Waals surface area contributed by atoms with Crippen molar-refractivity contribution in [2.24, 2.45) is 0 Å². The van der Waals surface area contributed by atoms with E-state index in [-0.39, 0.29) is 0 Å². The van der Waals surface area contributed by atoms with Crippen LogP contribution in [0.25, 0.3) is 11.0 Å². The van der Waals surface area contributed by atoms with Crippen molar-refractivity contribution in [1.82, 2.24) is 10.6 Å². The summed E-state index contributed by atoms with van der Waals surface area (Å²) in [4.78, 5) is 0. The molecular formula is C15H20N2O. The van der Waals surface area contributed by atoms with Crippen LogP contribution in [0.3, 0.4) is 0 Å². The first-order valence-corrected chi connectivity index (χ1v) is 6.83. The Hall–Kier alpha value is -1.32. The van der Waals surface area contributed by atoms with Gasteiger partial charge in [-0.25, -0.2) is 0 Å². The van der Waals surface area contributed by atoms with Crippen molar-refractivity contribution in [1.29, 1.82) is 0 Å². The van der Waals surface area contributed by atoms with Gasteiger partial charge < -0.3 is 15.1 Å². The highest BCUT2D eigenvalue weighted by Gasteiger charge is 2.19. The van der Waals surface area contributed by atoms with E-state index in [0.717, 1.165) is 37.7 Å². The molecule has 0 atom stereocenters. The molecule has 96 valence electrons. The molecular weight excluding hydrogens is 224 g/mol. The molecule has 1 aliphatic carbocycles. The second kappa shape index (κ2) is 5.55. The van der Waals surface area contributed by atoms with Gasteiger partial charge in [-0.05, 0) is 37.4 Å². The van der Waals surface area contributed by atoms with Gasteiger partial charge in [-0.2, -0.15) is 0 Å². The average molecular weight is 244 g/mol. The minimum absolute atomic E-state index is 0.810. The molecule has 0 bridgehead atoms. The molecule has 0 radical (unpaired) electrons. The van der Waals surface area contributed by atoms with Crippen molar-refractivity contribution in [2.45, 2.75) is 25.3 Å². The van der Waals surface area contributed by atoms with Crippen LogP contribution in [-0.2, 0) is 6.42 Å². The highest BCUT2D eigenvalue weighted by molar-refractivity contribution is 5.80. The molecule has 2 N–H and O–H groups in total. The van der Waals surface area contributed by atoms with E-state index in [0.29, 0.717) is 0 Å². The Kier molecular flexibility index (Phi) is 3.62. The maximum Gasteiger partial charge on any atom is 0.134 e. The highest BCUT2D eigenvalue weighted by atomic mass is 16.3. The number of hydrogen-bond donors (Lipinski definition) is 2. The first-order valence-electron chi connectivity index (χ1n) is 6.83. The first kappa shape index (κ1) is 11.8. The van der Waals surface area contributed by atoms with Gasteiger partial charge in [0.25, 0.3) is 0 Å². The summed E-state index contributed by atoms with van der Waals surface area (Å²) in [6.45, 7) is 3.14. The van der Waals surface area contributed by atoms with Gasteiger partial charge in [0.05, 0.1) is 6.26 Å². The number of hydrogen-bond acceptors (Lipinski definition) is 3. The van der Waals surface area contributed by atoms with Crippen LogP contribution in [0.5, 0.6) is 0 Å². The minimum atomic E-state index is 0.810. The molecule has 1 aliphatic rings. The lowest BCUT2D eigenvalue weighted by Crippen LogP contribution is -2.29. The lowest BCUT2D eigenvalue weighted by molar-refractivity contribution is 0.595. The number of para-hydroxylation sites is 1. The Bertz CT molecular complexity index is 502. The number of furan rings is 1. The van der Waals surface area contributed by atoms with Crippen LogP contribution in [0.15, 0.2) is 34.9 Å². The Balaban J connectivity index is 1.41. The average Bonchev–Trinajstić information content (AvgIpc) is 3.14. The Morgan fingerprint density at radius 1 is 1.11 bits per heavy atom. The van der Waals surface area contributed by atoms with Crippen LogP contribution in [0.1, 0.15) is 18.4 Å². The summed E-state index contributed by atoms with van der Waals surface area (Å²) in [5.41, 5.74) is 2.29. The maximum atomic E-state index is 5.53. The lowest BCUT2D eigenvalue weighted by atomic mass is 10.1. The van der Waals surface area contributed by atoms with Crippen LogP contribution in [0, 0.1) is 0 Å². The summed E-state index contributed by atoms with van der Waals surface area (Å²) >= 11 is 0. The van der Waals surface area contributed by atoms with E-state index in [4.69, 9.17) is 4.42 Å². The largest absolute Gasteiger partial charge is 0.464 e. The van der Waals surface area contributed by atoms with Crippen LogP contribution >= 0.6 is 0 Å². The topological polar surface area (TPSA) is 37.2 Å². The molecule has 1 aromatic heterocycles. The zero-order chi connectivity index (χ0) is 12.2. The number of fused-ring (bicyclic) bond motifs is 1. The van der Waals surface area contributed by atoms with E-state index in [1.807, 2.05) is 18.4 Å². The van der Waals surface area contributed by atoms with Crippen LogP contribution in [0.2, 0.25) is 0 Å². The van der Waals surface area contributed by atoms with Gasteiger partial charge in [0, 0.05) is 24.5 Å². The van der Waals surface area contributed by atoms with Crippen molar-refractivity contribution in [3.05, 3.63) is 36.1 Å². The molecule has 0 spiro atoms. The van der Waals surface area contributed by atoms with E-state index in [1.165, 1.54) is 23.8 Å². The van der Waals surface area contributed by atoms with Gasteiger partial charge >= 0.3 is 0 Å². The van der Waals surface area contributed by atoms with E-state index in [9.17, 15) is 0 Å². The fourth-order valence-electron chi connectivity index (χ4n) is 2.23. The predicted molar refractivity (Wildman–Crippen MR) is 73.8 cm³/mol. The van der Waals surface area contributed by atoms with Gasteiger partial charge in [-0.15, -0.1) is 0 Å². The zero-order valence-electron chi connectivity index (χ0n) is 10.6. The van der Waals surface area contributed by atoms with E-state index >= 15 is 0 Å². The molecule has 0 unspecified atom stereocenters. The van der Waals surface area contributed by atoms with Crippen molar-refractivity contribution < 1.29 is 4.42 Å². The van der Waals surface area contributed by atoms with Crippen LogP contribution in [0.4, 0.5) is 0 Å². The van der Waals surface area contributed by atoms with Gasteiger partial charge in [0.15, 0.2) is 0 Å². The molecule has 0 saturated heterocycles. The molecule has 1 aromatic carbocycles. The van der Waals surface area contributed by atoms with E-state index < -0.39 is 0 Å². The molecule has 3 heteroatoms. The van der Waals surface area contributed by atoms with Crippen molar-refractivity contribution in [3.8, 4) is 0 Å². The summed E-state index contributed by atoms with van der Waals surface area (Å²) < 4.78 is 5.53. The van der Waals surface area contributed by atoms with Crippen LogP contribution in [-0.4, -0.2) is 25.7 Å². The number of benzene rings is 1. The second-order valence-corrected chi connectivity index (χ2v) is 4.99. The molecule has 0 amide bonds. The molecule has 3 rings (SSSR count). The third-order valence-corrected chi connectivity index (χ3v) is 3.44. The smallest absolute Gasteiger partial charge is 0.134 e. The van der Waals surface area contributed by atoms with Gasteiger partial charge in [-0.1, -0.05) is 18.2 Å². The van der Waals surface area contributed by atoms with Crippen LogP contribution < -0.4 is 10.6 Å². The Morgan fingerprint density at radius 2 is 2.00 bits per heavy atom. The summed E-state index contributed by atoms with van der Waals surface area (Å²) in [5.74, 6) is 0. The molecule has 1 saturated carbocycles. The fraction of sp³-hybridized carbons (Fsp3) is 0.467. The van der Waals surface area contributed by atoms with Gasteiger partial charge in [-0.3, -0.25) is 0 Å². The molecule has 3 nitrogen and oxygen atoms in total. The third-order valence-electron chi connectivity index (χ3n) is 3.44. The molecule has 1 heterocycles. The molecule has 2 aromatic rings. The van der Waals surface area contributed by atoms with Gasteiger partial charge in [0.2, 0.25) is 0 Å². The van der Waals surface area contributed by atoms with E-state index in [1.54, 1.807) is 0 Å². The zero-order valence-corrected chi connectivity index (χ0v) is 10.6. The number of nitrogens with one attached hydrogen (secondary N) is 2. The lowest BCUT2D eigenvalue weighted by Gasteiger charge is -2.04. The molecule has 0 aliphatic heterocycles. The second-order valence-electron chi connectivity index (χ2n) is 4.99. The summed E-state index contributed by atoms with van der Waals surface area (Å²) in [6.07, 6.45) is 5.64. The standard InChI is InChI=1S/C15H20N2O/c1-2-4-15-14(3-1)12(11-18-15)7-8-16-9-10-17-13-5-6-13/h1-4,11,13,16-17H,5-10H2. The summed E-state index contributed by atoms with van der Waals surface area (Å²) in [6, 6.07) is 9.03. The van der Waals surface area contributed by atoms with Crippen molar-refractivity contribution >= 4 is 11.0 Å². The molecule has 18 heavy (non-hydrogen) atoms. The fourth-order valence-corrected chi connectivity index (χ4v) is 2.23. The highest BCUT2D eigenvalue weighted by Crippen LogP contribution is 2.20. The SMILES string of the molecule is c1ccc2c(CCNCCNC3CC3)coc2c1. The van der Waals surface area contributed by atoms with Crippen molar-refractivity contribution in [3.63, 3.8) is 0 Å². The van der Waals surface area contributed by atoms with E-state index in [2.05, 4.69) is 22.8 Å². The normalized spacial score (nSPS) is 15.3. The maximum absolute atomic E-state index is 5.53. The number of rotatable bonds is 7. The predicted octanol–water partition coefficient (Wildman–Crippen LogP) is 2.32. The van der Waals surface area contributed by atoms with Gasteiger partial charge in [0.1, 0.15) is 5.58 Å².